The normalized spacial score (nSPS) is 12.4. The van der Waals surface area contributed by atoms with Gasteiger partial charge >= 0.3 is 5.97 Å². The molecule has 0 bridgehead atoms. The van der Waals surface area contributed by atoms with Gasteiger partial charge in [-0.15, -0.1) is 0 Å². The lowest BCUT2D eigenvalue weighted by molar-refractivity contribution is -0.138. The monoisotopic (exact) mass is 229 g/mol. The molecule has 0 aliphatic carbocycles. The van der Waals surface area contributed by atoms with Gasteiger partial charge < -0.3 is 10.8 Å². The van der Waals surface area contributed by atoms with Gasteiger partial charge in [-0.05, 0) is 37.0 Å². The molecule has 0 spiro atoms. The molecule has 0 aliphatic heterocycles. The summed E-state index contributed by atoms with van der Waals surface area (Å²) in [5.74, 6) is -2.32. The number of hydrogen-bond donors (Lipinski definition) is 2. The number of benzene rings is 1. The molecule has 88 valence electrons. The lowest BCUT2D eigenvalue weighted by Gasteiger charge is -2.06. The average Bonchev–Trinajstić information content (AvgIpc) is 2.15. The molecule has 5 heteroatoms. The molecule has 1 atom stereocenters. The van der Waals surface area contributed by atoms with E-state index in [1.807, 2.05) is 0 Å². The molecule has 1 aromatic rings. The predicted octanol–water partition coefficient (Wildman–Crippen LogP) is 1.70. The second-order valence-corrected chi connectivity index (χ2v) is 3.61. The molecule has 0 saturated carbocycles. The Morgan fingerprint density at radius 3 is 2.38 bits per heavy atom. The second kappa shape index (κ2) is 5.55. The fourth-order valence-electron chi connectivity index (χ4n) is 1.40. The largest absolute Gasteiger partial charge is 0.480 e. The summed E-state index contributed by atoms with van der Waals surface area (Å²) >= 11 is 0. The smallest absolute Gasteiger partial charge is 0.320 e. The van der Waals surface area contributed by atoms with E-state index in [-0.39, 0.29) is 6.42 Å². The van der Waals surface area contributed by atoms with Crippen molar-refractivity contribution in [3.8, 4) is 0 Å². The number of halogens is 2. The highest BCUT2D eigenvalue weighted by Gasteiger charge is 2.10. The molecule has 16 heavy (non-hydrogen) atoms. The molecule has 0 amide bonds. The van der Waals surface area contributed by atoms with Crippen LogP contribution in [-0.4, -0.2) is 17.1 Å². The predicted molar refractivity (Wildman–Crippen MR) is 54.9 cm³/mol. The maximum Gasteiger partial charge on any atom is 0.320 e. The molecule has 1 aromatic carbocycles. The molecule has 3 nitrogen and oxygen atoms in total. The van der Waals surface area contributed by atoms with Crippen molar-refractivity contribution < 1.29 is 18.7 Å². The third kappa shape index (κ3) is 3.94. The van der Waals surface area contributed by atoms with E-state index in [1.54, 1.807) is 0 Å². The maximum absolute atomic E-state index is 12.8. The van der Waals surface area contributed by atoms with Crippen LogP contribution >= 0.6 is 0 Å². The number of rotatable bonds is 5. The van der Waals surface area contributed by atoms with Crippen molar-refractivity contribution in [3.63, 3.8) is 0 Å². The first kappa shape index (κ1) is 12.6. The first-order chi connectivity index (χ1) is 7.49. The van der Waals surface area contributed by atoms with Gasteiger partial charge in [-0.3, -0.25) is 4.79 Å². The minimum absolute atomic E-state index is 0.285. The molecule has 3 N–H and O–H groups in total. The fraction of sp³-hybridized carbons (Fsp3) is 0.364. The second-order valence-electron chi connectivity index (χ2n) is 3.61. The highest BCUT2D eigenvalue weighted by atomic mass is 19.1. The Balaban J connectivity index is 2.46. The van der Waals surface area contributed by atoms with E-state index in [4.69, 9.17) is 10.8 Å². The van der Waals surface area contributed by atoms with E-state index in [0.717, 1.165) is 6.07 Å². The summed E-state index contributed by atoms with van der Waals surface area (Å²) < 4.78 is 25.6. The molecule has 0 saturated heterocycles. The Morgan fingerprint density at radius 1 is 1.31 bits per heavy atom. The van der Waals surface area contributed by atoms with Crippen molar-refractivity contribution in [1.29, 1.82) is 0 Å². The van der Waals surface area contributed by atoms with Crippen LogP contribution in [0.2, 0.25) is 0 Å². The molecular weight excluding hydrogens is 216 g/mol. The maximum atomic E-state index is 12.8. The highest BCUT2D eigenvalue weighted by Crippen LogP contribution is 2.11. The van der Waals surface area contributed by atoms with Gasteiger partial charge in [0.05, 0.1) is 0 Å². The van der Waals surface area contributed by atoms with Crippen LogP contribution in [0.4, 0.5) is 8.78 Å². The van der Waals surface area contributed by atoms with Gasteiger partial charge in [0, 0.05) is 6.07 Å². The summed E-state index contributed by atoms with van der Waals surface area (Å²) in [6, 6.07) is 2.34. The summed E-state index contributed by atoms with van der Waals surface area (Å²) in [5.41, 5.74) is 5.80. The molecular formula is C11H13F2NO2. The van der Waals surface area contributed by atoms with Crippen LogP contribution in [0.1, 0.15) is 18.4 Å². The Kier molecular flexibility index (Phi) is 4.37. The van der Waals surface area contributed by atoms with Gasteiger partial charge in [0.25, 0.3) is 0 Å². The van der Waals surface area contributed by atoms with Crippen molar-refractivity contribution in [2.45, 2.75) is 25.3 Å². The summed E-state index contributed by atoms with van der Waals surface area (Å²) in [6.45, 7) is 0. The van der Waals surface area contributed by atoms with Crippen LogP contribution in [0, 0.1) is 11.6 Å². The number of hydrogen-bond acceptors (Lipinski definition) is 2. The average molecular weight is 229 g/mol. The van der Waals surface area contributed by atoms with Gasteiger partial charge in [-0.25, -0.2) is 8.78 Å². The van der Waals surface area contributed by atoms with E-state index < -0.39 is 23.6 Å². The van der Waals surface area contributed by atoms with Crippen molar-refractivity contribution in [3.05, 3.63) is 35.4 Å². The number of nitrogens with two attached hydrogens (primary N) is 1. The number of carboxylic acids is 1. The third-order valence-electron chi connectivity index (χ3n) is 2.22. The van der Waals surface area contributed by atoms with Gasteiger partial charge in [-0.2, -0.15) is 0 Å². The van der Waals surface area contributed by atoms with Crippen molar-refractivity contribution >= 4 is 5.97 Å². The van der Waals surface area contributed by atoms with Crippen LogP contribution in [0.15, 0.2) is 18.2 Å². The van der Waals surface area contributed by atoms with E-state index in [1.165, 1.54) is 12.1 Å². The van der Waals surface area contributed by atoms with Gasteiger partial charge in [0.15, 0.2) is 0 Å². The number of aliphatic carboxylic acids is 1. The quantitative estimate of drug-likeness (QED) is 0.807. The molecule has 0 aromatic heterocycles. The molecule has 0 radical (unpaired) electrons. The van der Waals surface area contributed by atoms with E-state index in [9.17, 15) is 13.6 Å². The fourth-order valence-corrected chi connectivity index (χ4v) is 1.40. The minimum Gasteiger partial charge on any atom is -0.480 e. The highest BCUT2D eigenvalue weighted by molar-refractivity contribution is 5.72. The minimum atomic E-state index is -1.06. The van der Waals surface area contributed by atoms with Crippen LogP contribution in [0.25, 0.3) is 0 Å². The molecule has 0 aliphatic rings. The lowest BCUT2D eigenvalue weighted by atomic mass is 10.0. The first-order valence-corrected chi connectivity index (χ1v) is 4.92. The first-order valence-electron chi connectivity index (χ1n) is 4.92. The molecule has 0 unspecified atom stereocenters. The van der Waals surface area contributed by atoms with E-state index in [0.29, 0.717) is 18.4 Å². The number of carboxylic acid groups (broad SMARTS) is 1. The zero-order valence-corrected chi connectivity index (χ0v) is 8.62. The summed E-state index contributed by atoms with van der Waals surface area (Å²) in [5, 5.41) is 8.52. The van der Waals surface area contributed by atoms with Crippen LogP contribution in [0.5, 0.6) is 0 Å². The molecule has 1 rings (SSSR count). The lowest BCUT2D eigenvalue weighted by Crippen LogP contribution is -2.29. The molecule has 0 heterocycles. The number of aryl methyl sites for hydroxylation is 1. The SMILES string of the molecule is N[C@@H](CCCc1cc(F)cc(F)c1)C(=O)O. The third-order valence-corrected chi connectivity index (χ3v) is 2.22. The Labute approximate surface area is 91.9 Å². The topological polar surface area (TPSA) is 63.3 Å². The van der Waals surface area contributed by atoms with Crippen molar-refractivity contribution in [1.82, 2.24) is 0 Å². The van der Waals surface area contributed by atoms with Crippen LogP contribution in [0.3, 0.4) is 0 Å². The molecule has 0 fully saturated rings. The van der Waals surface area contributed by atoms with Crippen LogP contribution < -0.4 is 5.73 Å². The van der Waals surface area contributed by atoms with E-state index >= 15 is 0 Å². The zero-order valence-electron chi connectivity index (χ0n) is 8.62. The Morgan fingerprint density at radius 2 is 1.88 bits per heavy atom. The standard InChI is InChI=1S/C11H13F2NO2/c12-8-4-7(5-9(13)6-8)2-1-3-10(14)11(15)16/h4-6,10H,1-3,14H2,(H,15,16)/t10-/m0/s1. The summed E-state index contributed by atoms with van der Waals surface area (Å²) in [4.78, 5) is 10.4. The summed E-state index contributed by atoms with van der Waals surface area (Å²) in [7, 11) is 0. The Hall–Kier alpha value is -1.49. The number of carbonyl (C=O) groups is 1. The van der Waals surface area contributed by atoms with Crippen molar-refractivity contribution in [2.75, 3.05) is 0 Å². The Bertz CT molecular complexity index is 362. The van der Waals surface area contributed by atoms with Gasteiger partial charge in [-0.1, -0.05) is 0 Å². The van der Waals surface area contributed by atoms with Gasteiger partial charge in [0.1, 0.15) is 17.7 Å². The van der Waals surface area contributed by atoms with Gasteiger partial charge in [0.2, 0.25) is 0 Å². The van der Waals surface area contributed by atoms with E-state index in [2.05, 4.69) is 0 Å². The summed E-state index contributed by atoms with van der Waals surface area (Å²) in [6.07, 6.45) is 1.18. The van der Waals surface area contributed by atoms with Crippen LogP contribution in [-0.2, 0) is 11.2 Å². The van der Waals surface area contributed by atoms with Crippen molar-refractivity contribution in [2.24, 2.45) is 5.73 Å². The zero-order chi connectivity index (χ0) is 12.1.